The molecule has 2 fully saturated rings. The van der Waals surface area contributed by atoms with Gasteiger partial charge in [-0.1, -0.05) is 6.92 Å². The van der Waals surface area contributed by atoms with Gasteiger partial charge in [0.1, 0.15) is 6.04 Å². The summed E-state index contributed by atoms with van der Waals surface area (Å²) in [4.78, 5) is 13.3. The summed E-state index contributed by atoms with van der Waals surface area (Å²) in [6, 6.07) is 0.00366. The van der Waals surface area contributed by atoms with Crippen LogP contribution in [0.2, 0.25) is 0 Å². The number of carboxylic acid groups (broad SMARTS) is 1. The number of carbonyl (C=O) groups is 1. The first-order valence-corrected chi connectivity index (χ1v) is 5.71. The van der Waals surface area contributed by atoms with Crippen molar-refractivity contribution >= 4 is 5.97 Å². The van der Waals surface area contributed by atoms with Crippen LogP contribution in [0.1, 0.15) is 26.7 Å². The predicted molar refractivity (Wildman–Crippen MR) is 55.7 cm³/mol. The fourth-order valence-corrected chi connectivity index (χ4v) is 2.70. The Hall–Kier alpha value is -0.610. The van der Waals surface area contributed by atoms with Crippen LogP contribution in [0.15, 0.2) is 0 Å². The lowest BCUT2D eigenvalue weighted by Crippen LogP contribution is -2.61. The second-order valence-corrected chi connectivity index (χ2v) is 4.72. The van der Waals surface area contributed by atoms with E-state index >= 15 is 0 Å². The number of rotatable bonds is 2. The van der Waals surface area contributed by atoms with Gasteiger partial charge in [-0.15, -0.1) is 0 Å². The first-order valence-electron chi connectivity index (χ1n) is 5.71. The van der Waals surface area contributed by atoms with Crippen LogP contribution in [0.5, 0.6) is 0 Å². The van der Waals surface area contributed by atoms with Gasteiger partial charge < -0.3 is 9.84 Å². The van der Waals surface area contributed by atoms with Crippen molar-refractivity contribution in [2.45, 2.75) is 44.9 Å². The maximum absolute atomic E-state index is 11.2. The summed E-state index contributed by atoms with van der Waals surface area (Å²) in [5, 5.41) is 9.21. The first-order chi connectivity index (χ1) is 7.11. The second kappa shape index (κ2) is 4.10. The van der Waals surface area contributed by atoms with Crippen LogP contribution in [0, 0.1) is 5.92 Å². The SMILES string of the molecule is CC1CCC1N1CCOC(C)C1C(=O)O. The fraction of sp³-hybridized carbons (Fsp3) is 0.909. The molecule has 1 saturated heterocycles. The van der Waals surface area contributed by atoms with Crippen LogP contribution < -0.4 is 0 Å². The van der Waals surface area contributed by atoms with E-state index in [0.717, 1.165) is 13.0 Å². The molecule has 1 N–H and O–H groups in total. The molecule has 4 atom stereocenters. The zero-order valence-electron chi connectivity index (χ0n) is 9.35. The molecular weight excluding hydrogens is 194 g/mol. The van der Waals surface area contributed by atoms with Gasteiger partial charge in [-0.3, -0.25) is 9.69 Å². The van der Waals surface area contributed by atoms with E-state index < -0.39 is 12.0 Å². The van der Waals surface area contributed by atoms with Crippen molar-refractivity contribution < 1.29 is 14.6 Å². The minimum Gasteiger partial charge on any atom is -0.480 e. The molecule has 1 aliphatic carbocycles. The number of aliphatic carboxylic acids is 1. The number of hydrogen-bond acceptors (Lipinski definition) is 3. The average molecular weight is 213 g/mol. The standard InChI is InChI=1S/C11H19NO3/c1-7-3-4-9(7)12-5-6-15-8(2)10(12)11(13)14/h7-10H,3-6H2,1-2H3,(H,13,14). The molecule has 2 aliphatic rings. The van der Waals surface area contributed by atoms with Crippen molar-refractivity contribution in [1.82, 2.24) is 4.90 Å². The van der Waals surface area contributed by atoms with Crippen LogP contribution in [0.4, 0.5) is 0 Å². The smallest absolute Gasteiger partial charge is 0.323 e. The fourth-order valence-electron chi connectivity index (χ4n) is 2.70. The Kier molecular flexibility index (Phi) is 2.98. The molecule has 4 nitrogen and oxygen atoms in total. The molecule has 1 aliphatic heterocycles. The maximum Gasteiger partial charge on any atom is 0.323 e. The van der Waals surface area contributed by atoms with Crippen molar-refractivity contribution in [1.29, 1.82) is 0 Å². The topological polar surface area (TPSA) is 49.8 Å². The lowest BCUT2D eigenvalue weighted by molar-refractivity contribution is -0.163. The minimum atomic E-state index is -0.749. The van der Waals surface area contributed by atoms with Gasteiger partial charge in [0.15, 0.2) is 0 Å². The van der Waals surface area contributed by atoms with Gasteiger partial charge in [-0.25, -0.2) is 0 Å². The highest BCUT2D eigenvalue weighted by molar-refractivity contribution is 5.74. The quantitative estimate of drug-likeness (QED) is 0.742. The Morgan fingerprint density at radius 3 is 2.60 bits per heavy atom. The minimum absolute atomic E-state index is 0.191. The van der Waals surface area contributed by atoms with Gasteiger partial charge in [0.05, 0.1) is 12.7 Å². The lowest BCUT2D eigenvalue weighted by atomic mass is 9.79. The number of nitrogens with zero attached hydrogens (tertiary/aromatic N) is 1. The normalized spacial score (nSPS) is 42.3. The summed E-state index contributed by atoms with van der Waals surface area (Å²) in [5.41, 5.74) is 0. The summed E-state index contributed by atoms with van der Waals surface area (Å²) in [6.07, 6.45) is 2.17. The van der Waals surface area contributed by atoms with E-state index in [2.05, 4.69) is 11.8 Å². The van der Waals surface area contributed by atoms with Gasteiger partial charge in [0, 0.05) is 12.6 Å². The third-order valence-electron chi connectivity index (χ3n) is 3.79. The number of ether oxygens (including phenoxy) is 1. The Morgan fingerprint density at radius 2 is 2.13 bits per heavy atom. The summed E-state index contributed by atoms with van der Waals surface area (Å²) in [6.45, 7) is 5.48. The molecule has 0 aromatic rings. The van der Waals surface area contributed by atoms with Crippen LogP contribution >= 0.6 is 0 Å². The first kappa shape index (κ1) is 10.9. The summed E-state index contributed by atoms with van der Waals surface area (Å²) < 4.78 is 5.41. The number of hydrogen-bond donors (Lipinski definition) is 1. The van der Waals surface area contributed by atoms with Crippen LogP contribution in [-0.4, -0.2) is 47.3 Å². The zero-order chi connectivity index (χ0) is 11.0. The second-order valence-electron chi connectivity index (χ2n) is 4.72. The highest BCUT2D eigenvalue weighted by Gasteiger charge is 2.43. The van der Waals surface area contributed by atoms with E-state index in [1.807, 2.05) is 6.92 Å². The van der Waals surface area contributed by atoms with Crippen LogP contribution in [0.25, 0.3) is 0 Å². The lowest BCUT2D eigenvalue weighted by Gasteiger charge is -2.48. The molecule has 1 heterocycles. The average Bonchev–Trinajstić information content (AvgIpc) is 2.15. The van der Waals surface area contributed by atoms with Crippen molar-refractivity contribution in [2.75, 3.05) is 13.2 Å². The molecular formula is C11H19NO3. The van der Waals surface area contributed by atoms with E-state index in [0.29, 0.717) is 18.6 Å². The van der Waals surface area contributed by atoms with Gasteiger partial charge in [0.2, 0.25) is 0 Å². The third-order valence-corrected chi connectivity index (χ3v) is 3.79. The molecule has 0 aromatic carbocycles. The highest BCUT2D eigenvalue weighted by atomic mass is 16.5. The van der Waals surface area contributed by atoms with E-state index in [-0.39, 0.29) is 6.10 Å². The van der Waals surface area contributed by atoms with Gasteiger partial charge in [-0.05, 0) is 25.7 Å². The Morgan fingerprint density at radius 1 is 1.40 bits per heavy atom. The molecule has 4 heteroatoms. The zero-order valence-corrected chi connectivity index (χ0v) is 9.35. The van der Waals surface area contributed by atoms with Crippen molar-refractivity contribution in [3.8, 4) is 0 Å². The van der Waals surface area contributed by atoms with Gasteiger partial charge in [-0.2, -0.15) is 0 Å². The van der Waals surface area contributed by atoms with E-state index in [9.17, 15) is 9.90 Å². The van der Waals surface area contributed by atoms with Crippen LogP contribution in [0.3, 0.4) is 0 Å². The molecule has 0 radical (unpaired) electrons. The molecule has 2 rings (SSSR count). The van der Waals surface area contributed by atoms with Gasteiger partial charge in [0.25, 0.3) is 0 Å². The molecule has 0 spiro atoms. The largest absolute Gasteiger partial charge is 0.480 e. The van der Waals surface area contributed by atoms with Crippen molar-refractivity contribution in [3.63, 3.8) is 0 Å². The molecule has 0 bridgehead atoms. The van der Waals surface area contributed by atoms with Crippen LogP contribution in [-0.2, 0) is 9.53 Å². The molecule has 86 valence electrons. The Bertz CT molecular complexity index is 256. The maximum atomic E-state index is 11.2. The van der Waals surface area contributed by atoms with E-state index in [1.54, 1.807) is 0 Å². The molecule has 15 heavy (non-hydrogen) atoms. The molecule has 0 aromatic heterocycles. The number of morpholine rings is 1. The Balaban J connectivity index is 2.09. The summed E-state index contributed by atoms with van der Waals surface area (Å²) in [7, 11) is 0. The summed E-state index contributed by atoms with van der Waals surface area (Å²) >= 11 is 0. The monoisotopic (exact) mass is 213 g/mol. The summed E-state index contributed by atoms with van der Waals surface area (Å²) in [5.74, 6) is -0.113. The van der Waals surface area contributed by atoms with Crippen molar-refractivity contribution in [3.05, 3.63) is 0 Å². The molecule has 0 amide bonds. The van der Waals surface area contributed by atoms with Crippen molar-refractivity contribution in [2.24, 2.45) is 5.92 Å². The third kappa shape index (κ3) is 1.88. The highest BCUT2D eigenvalue weighted by Crippen LogP contribution is 2.34. The molecule has 1 saturated carbocycles. The Labute approximate surface area is 90.2 Å². The predicted octanol–water partition coefficient (Wildman–Crippen LogP) is 0.959. The molecule has 4 unspecified atom stereocenters. The van der Waals surface area contributed by atoms with Gasteiger partial charge >= 0.3 is 5.97 Å². The van der Waals surface area contributed by atoms with E-state index in [1.165, 1.54) is 6.42 Å². The number of carboxylic acids is 1. The van der Waals surface area contributed by atoms with E-state index in [4.69, 9.17) is 4.74 Å².